The van der Waals surface area contributed by atoms with Crippen LogP contribution >= 0.6 is 11.6 Å². The Morgan fingerprint density at radius 2 is 2.22 bits per heavy atom. The first-order valence-electron chi connectivity index (χ1n) is 5.81. The number of pyridine rings is 1. The molecular weight excluding hydrogens is 252 g/mol. The number of anilines is 1. The molecule has 0 unspecified atom stereocenters. The third kappa shape index (κ3) is 4.50. The highest BCUT2D eigenvalue weighted by molar-refractivity contribution is 6.33. The van der Waals surface area contributed by atoms with E-state index in [1.807, 2.05) is 14.1 Å². The van der Waals surface area contributed by atoms with Gasteiger partial charge in [-0.15, -0.1) is 0 Å². The molecule has 1 aromatic rings. The van der Waals surface area contributed by atoms with E-state index in [0.717, 1.165) is 13.0 Å². The van der Waals surface area contributed by atoms with Crippen LogP contribution < -0.4 is 10.6 Å². The molecule has 5 nitrogen and oxygen atoms in total. The molecule has 0 fully saturated rings. The maximum absolute atomic E-state index is 11.8. The summed E-state index contributed by atoms with van der Waals surface area (Å²) < 4.78 is 0. The van der Waals surface area contributed by atoms with Crippen LogP contribution in [0, 0.1) is 0 Å². The Morgan fingerprint density at radius 1 is 1.50 bits per heavy atom. The Morgan fingerprint density at radius 3 is 2.78 bits per heavy atom. The van der Waals surface area contributed by atoms with Crippen LogP contribution in [0.1, 0.15) is 16.8 Å². The fourth-order valence-electron chi connectivity index (χ4n) is 1.45. The standard InChI is InChI=1S/C12H19ClN4O/c1-14-11-10(13)7-9(8-16-11)12(18)15-5-4-6-17(2)3/h7-8H,4-6H2,1-3H3,(H,14,16)(H,15,18). The fourth-order valence-corrected chi connectivity index (χ4v) is 1.71. The number of amides is 1. The normalized spacial score (nSPS) is 10.5. The van der Waals surface area contributed by atoms with Gasteiger partial charge in [-0.25, -0.2) is 4.98 Å². The summed E-state index contributed by atoms with van der Waals surface area (Å²) in [6, 6.07) is 1.61. The molecule has 1 rings (SSSR count). The highest BCUT2D eigenvalue weighted by Crippen LogP contribution is 2.19. The molecular formula is C12H19ClN4O. The quantitative estimate of drug-likeness (QED) is 0.769. The molecule has 0 saturated heterocycles. The van der Waals surface area contributed by atoms with Crippen LogP contribution in [0.2, 0.25) is 5.02 Å². The van der Waals surface area contributed by atoms with Crippen LogP contribution in [0.4, 0.5) is 5.82 Å². The van der Waals surface area contributed by atoms with Crippen LogP contribution in [-0.2, 0) is 0 Å². The molecule has 0 atom stereocenters. The van der Waals surface area contributed by atoms with E-state index in [-0.39, 0.29) is 5.91 Å². The van der Waals surface area contributed by atoms with E-state index >= 15 is 0 Å². The van der Waals surface area contributed by atoms with Crippen LogP contribution in [0.5, 0.6) is 0 Å². The van der Waals surface area contributed by atoms with Crippen molar-refractivity contribution in [2.45, 2.75) is 6.42 Å². The van der Waals surface area contributed by atoms with E-state index < -0.39 is 0 Å². The molecule has 1 heterocycles. The van der Waals surface area contributed by atoms with E-state index in [2.05, 4.69) is 20.5 Å². The van der Waals surface area contributed by atoms with Gasteiger partial charge in [-0.05, 0) is 33.1 Å². The maximum atomic E-state index is 11.8. The van der Waals surface area contributed by atoms with Crippen LogP contribution in [0.15, 0.2) is 12.3 Å². The highest BCUT2D eigenvalue weighted by Gasteiger charge is 2.08. The van der Waals surface area contributed by atoms with Gasteiger partial charge in [0.1, 0.15) is 5.82 Å². The van der Waals surface area contributed by atoms with Crippen molar-refractivity contribution in [1.29, 1.82) is 0 Å². The lowest BCUT2D eigenvalue weighted by Crippen LogP contribution is -2.27. The Balaban J connectivity index is 2.49. The summed E-state index contributed by atoms with van der Waals surface area (Å²) in [4.78, 5) is 17.9. The van der Waals surface area contributed by atoms with E-state index in [1.54, 1.807) is 13.1 Å². The monoisotopic (exact) mass is 270 g/mol. The average molecular weight is 271 g/mol. The molecule has 1 amide bonds. The lowest BCUT2D eigenvalue weighted by Gasteiger charge is -2.10. The van der Waals surface area contributed by atoms with Crippen molar-refractivity contribution in [1.82, 2.24) is 15.2 Å². The zero-order valence-electron chi connectivity index (χ0n) is 11.0. The van der Waals surface area contributed by atoms with Crippen molar-refractivity contribution in [3.05, 3.63) is 22.8 Å². The summed E-state index contributed by atoms with van der Waals surface area (Å²) in [5.41, 5.74) is 0.476. The molecule has 0 aliphatic heterocycles. The number of nitrogens with one attached hydrogen (secondary N) is 2. The van der Waals surface area contributed by atoms with Gasteiger partial charge in [0.05, 0.1) is 10.6 Å². The van der Waals surface area contributed by atoms with E-state index in [1.165, 1.54) is 6.20 Å². The third-order valence-corrected chi connectivity index (χ3v) is 2.70. The Bertz CT molecular complexity index is 409. The van der Waals surface area contributed by atoms with Crippen molar-refractivity contribution in [2.24, 2.45) is 0 Å². The molecule has 0 bridgehead atoms. The van der Waals surface area contributed by atoms with E-state index in [0.29, 0.717) is 22.9 Å². The highest BCUT2D eigenvalue weighted by atomic mass is 35.5. The maximum Gasteiger partial charge on any atom is 0.252 e. The smallest absolute Gasteiger partial charge is 0.252 e. The lowest BCUT2D eigenvalue weighted by molar-refractivity contribution is 0.0952. The minimum Gasteiger partial charge on any atom is -0.372 e. The van der Waals surface area contributed by atoms with Crippen molar-refractivity contribution in [2.75, 3.05) is 39.5 Å². The van der Waals surface area contributed by atoms with Crippen molar-refractivity contribution in [3.8, 4) is 0 Å². The van der Waals surface area contributed by atoms with Gasteiger partial charge >= 0.3 is 0 Å². The van der Waals surface area contributed by atoms with Gasteiger partial charge in [0.2, 0.25) is 0 Å². The van der Waals surface area contributed by atoms with Gasteiger partial charge in [0, 0.05) is 19.8 Å². The van der Waals surface area contributed by atoms with E-state index in [4.69, 9.17) is 11.6 Å². The predicted molar refractivity (Wildman–Crippen MR) is 74.3 cm³/mol. The number of nitrogens with zero attached hydrogens (tertiary/aromatic N) is 2. The van der Waals surface area contributed by atoms with Crippen molar-refractivity contribution in [3.63, 3.8) is 0 Å². The molecule has 2 N–H and O–H groups in total. The zero-order valence-corrected chi connectivity index (χ0v) is 11.7. The summed E-state index contributed by atoms with van der Waals surface area (Å²) in [6.45, 7) is 1.58. The van der Waals surface area contributed by atoms with Gasteiger partial charge in [-0.2, -0.15) is 0 Å². The van der Waals surface area contributed by atoms with E-state index in [9.17, 15) is 4.79 Å². The van der Waals surface area contributed by atoms with Gasteiger partial charge in [0.25, 0.3) is 5.91 Å². The molecule has 1 aromatic heterocycles. The second-order valence-corrected chi connectivity index (χ2v) is 4.62. The van der Waals surface area contributed by atoms with Crippen LogP contribution in [-0.4, -0.2) is 50.0 Å². The Kier molecular flexibility index (Phi) is 5.88. The fraction of sp³-hybridized carbons (Fsp3) is 0.500. The summed E-state index contributed by atoms with van der Waals surface area (Å²) in [7, 11) is 5.74. The minimum absolute atomic E-state index is 0.147. The molecule has 0 aliphatic rings. The second-order valence-electron chi connectivity index (χ2n) is 4.22. The third-order valence-electron chi connectivity index (χ3n) is 2.41. The number of halogens is 1. The molecule has 100 valence electrons. The zero-order chi connectivity index (χ0) is 13.5. The molecule has 0 saturated carbocycles. The first kappa shape index (κ1) is 14.7. The van der Waals surface area contributed by atoms with Crippen LogP contribution in [0.25, 0.3) is 0 Å². The van der Waals surface area contributed by atoms with Crippen LogP contribution in [0.3, 0.4) is 0 Å². The number of aromatic nitrogens is 1. The summed E-state index contributed by atoms with van der Waals surface area (Å²) in [6.07, 6.45) is 2.42. The van der Waals surface area contributed by atoms with Gasteiger partial charge in [0.15, 0.2) is 0 Å². The number of hydrogen-bond donors (Lipinski definition) is 2. The summed E-state index contributed by atoms with van der Waals surface area (Å²) in [5.74, 6) is 0.423. The molecule has 0 radical (unpaired) electrons. The van der Waals surface area contributed by atoms with Gasteiger partial charge in [-0.1, -0.05) is 11.6 Å². The average Bonchev–Trinajstić information content (AvgIpc) is 2.34. The molecule has 0 aliphatic carbocycles. The largest absolute Gasteiger partial charge is 0.372 e. The number of hydrogen-bond acceptors (Lipinski definition) is 4. The topological polar surface area (TPSA) is 57.3 Å². The minimum atomic E-state index is -0.147. The van der Waals surface area contributed by atoms with Crippen molar-refractivity contribution < 1.29 is 4.79 Å². The first-order chi connectivity index (χ1) is 8.54. The van der Waals surface area contributed by atoms with Crippen molar-refractivity contribution >= 4 is 23.3 Å². The number of carbonyl (C=O) groups is 1. The number of carbonyl (C=O) groups excluding carboxylic acids is 1. The lowest BCUT2D eigenvalue weighted by atomic mass is 10.2. The molecule has 0 aromatic carbocycles. The molecule has 6 heteroatoms. The summed E-state index contributed by atoms with van der Waals surface area (Å²) >= 11 is 5.96. The summed E-state index contributed by atoms with van der Waals surface area (Å²) in [5, 5.41) is 6.12. The SMILES string of the molecule is CNc1ncc(C(=O)NCCCN(C)C)cc1Cl. The number of rotatable bonds is 6. The Labute approximate surface area is 113 Å². The second kappa shape index (κ2) is 7.18. The molecule has 0 spiro atoms. The predicted octanol–water partition coefficient (Wildman–Crippen LogP) is 1.46. The van der Waals surface area contributed by atoms with Gasteiger partial charge < -0.3 is 15.5 Å². The Hall–Kier alpha value is -1.33. The van der Waals surface area contributed by atoms with Gasteiger partial charge in [-0.3, -0.25) is 4.79 Å². The molecule has 18 heavy (non-hydrogen) atoms. The first-order valence-corrected chi connectivity index (χ1v) is 6.18.